The molecule has 0 radical (unpaired) electrons. The number of imide groups is 1. The first kappa shape index (κ1) is 12.3. The Hall–Kier alpha value is -2.43. The molecule has 1 saturated carbocycles. The van der Waals surface area contributed by atoms with Gasteiger partial charge in [-0.15, -0.1) is 0 Å². The zero-order valence-corrected chi connectivity index (χ0v) is 11.4. The molecule has 2 aliphatic heterocycles. The Morgan fingerprint density at radius 2 is 1.57 bits per heavy atom. The molecule has 1 aromatic carbocycles. The molecule has 0 aromatic heterocycles. The van der Waals surface area contributed by atoms with Crippen LogP contribution in [0.25, 0.3) is 0 Å². The minimum atomic E-state index is -0.413. The van der Waals surface area contributed by atoms with E-state index in [0.29, 0.717) is 16.7 Å². The first-order valence-electron chi connectivity index (χ1n) is 7.11. The highest BCUT2D eigenvalue weighted by Crippen LogP contribution is 2.43. The van der Waals surface area contributed by atoms with E-state index in [4.69, 9.17) is 0 Å². The first-order chi connectivity index (χ1) is 10.1. The van der Waals surface area contributed by atoms with Crippen LogP contribution in [-0.2, 0) is 4.79 Å². The molecule has 2 fully saturated rings. The highest BCUT2D eigenvalue weighted by atomic mass is 16.2. The van der Waals surface area contributed by atoms with Gasteiger partial charge in [-0.3, -0.25) is 14.4 Å². The second-order valence-corrected chi connectivity index (χ2v) is 5.75. The Balaban J connectivity index is 1.78. The van der Waals surface area contributed by atoms with Crippen molar-refractivity contribution in [2.45, 2.75) is 25.3 Å². The lowest BCUT2D eigenvalue weighted by Gasteiger charge is -2.30. The minimum absolute atomic E-state index is 0.0711. The molecule has 5 heteroatoms. The average Bonchev–Trinajstić information content (AvgIpc) is 3.12. The predicted octanol–water partition coefficient (Wildman–Crippen LogP) is 1.76. The zero-order valence-electron chi connectivity index (χ0n) is 11.4. The van der Waals surface area contributed by atoms with Gasteiger partial charge < -0.3 is 0 Å². The molecule has 0 bridgehead atoms. The zero-order chi connectivity index (χ0) is 14.7. The number of carbonyl (C=O) groups excluding carboxylic acids is 3. The molecule has 3 amide bonds. The molecule has 2 unspecified atom stereocenters. The summed E-state index contributed by atoms with van der Waals surface area (Å²) in [6.45, 7) is 3.86. The second kappa shape index (κ2) is 4.04. The molecule has 4 rings (SSSR count). The smallest absolute Gasteiger partial charge is 0.268 e. The molecule has 5 nitrogen and oxygen atoms in total. The average molecular weight is 282 g/mol. The first-order valence-corrected chi connectivity index (χ1v) is 7.11. The second-order valence-electron chi connectivity index (χ2n) is 5.75. The number of carbonyl (C=O) groups is 3. The van der Waals surface area contributed by atoms with Crippen molar-refractivity contribution < 1.29 is 14.4 Å². The maximum absolute atomic E-state index is 12.5. The third kappa shape index (κ3) is 1.43. The molecule has 106 valence electrons. The van der Waals surface area contributed by atoms with Gasteiger partial charge in [-0.05, 0) is 25.0 Å². The largest absolute Gasteiger partial charge is 0.280 e. The fourth-order valence-corrected chi connectivity index (χ4v) is 3.71. The van der Waals surface area contributed by atoms with E-state index < -0.39 is 11.8 Å². The van der Waals surface area contributed by atoms with Crippen LogP contribution in [0.4, 0.5) is 0 Å². The van der Waals surface area contributed by atoms with Crippen LogP contribution in [0.5, 0.6) is 0 Å². The summed E-state index contributed by atoms with van der Waals surface area (Å²) in [5, 5.41) is 2.37. The minimum Gasteiger partial charge on any atom is -0.268 e. The van der Waals surface area contributed by atoms with Crippen molar-refractivity contribution >= 4 is 17.7 Å². The van der Waals surface area contributed by atoms with E-state index in [-0.39, 0.29) is 17.9 Å². The number of benzene rings is 1. The molecule has 1 aromatic rings. The number of nitrogens with zero attached hydrogens (tertiary/aromatic N) is 2. The van der Waals surface area contributed by atoms with E-state index in [9.17, 15) is 14.4 Å². The Bertz CT molecular complexity index is 674. The number of hydrazine groups is 1. The van der Waals surface area contributed by atoms with Crippen molar-refractivity contribution in [1.29, 1.82) is 0 Å². The summed E-state index contributed by atoms with van der Waals surface area (Å²) >= 11 is 0. The fraction of sp³-hybridized carbons (Fsp3) is 0.312. The lowest BCUT2D eigenvalue weighted by Crippen LogP contribution is -2.51. The SMILES string of the molecule is C=C1C(=O)N(N2C(=O)c3ccccc3C2=O)C2CCCC12. The number of fused-ring (bicyclic) bond motifs is 2. The molecule has 1 aliphatic carbocycles. The molecule has 0 N–H and O–H groups in total. The van der Waals surface area contributed by atoms with Crippen molar-refractivity contribution in [2.24, 2.45) is 5.92 Å². The summed E-state index contributed by atoms with van der Waals surface area (Å²) in [6, 6.07) is 6.58. The van der Waals surface area contributed by atoms with Crippen molar-refractivity contribution in [3.05, 3.63) is 47.5 Å². The molecule has 2 heterocycles. The van der Waals surface area contributed by atoms with Crippen LogP contribution in [0.15, 0.2) is 36.4 Å². The summed E-state index contributed by atoms with van der Waals surface area (Å²) in [4.78, 5) is 37.5. The van der Waals surface area contributed by atoms with Gasteiger partial charge in [0.2, 0.25) is 0 Å². The summed E-state index contributed by atoms with van der Waals surface area (Å²) in [5.41, 5.74) is 1.25. The van der Waals surface area contributed by atoms with Crippen molar-refractivity contribution in [2.75, 3.05) is 0 Å². The number of rotatable bonds is 1. The highest BCUT2D eigenvalue weighted by Gasteiger charge is 2.52. The van der Waals surface area contributed by atoms with Gasteiger partial charge in [0.25, 0.3) is 17.7 Å². The van der Waals surface area contributed by atoms with Crippen LogP contribution in [0.3, 0.4) is 0 Å². The standard InChI is InChI=1S/C16H14N2O3/c1-9-10-7-4-8-13(10)17(14(9)19)18-15(20)11-5-2-3-6-12(11)16(18)21/h2-3,5-6,10,13H,1,4,7-8H2. The Morgan fingerprint density at radius 1 is 0.952 bits per heavy atom. The van der Waals surface area contributed by atoms with Gasteiger partial charge in [0.15, 0.2) is 0 Å². The van der Waals surface area contributed by atoms with Gasteiger partial charge in [-0.25, -0.2) is 5.01 Å². The van der Waals surface area contributed by atoms with Gasteiger partial charge in [-0.2, -0.15) is 5.01 Å². The van der Waals surface area contributed by atoms with Gasteiger partial charge >= 0.3 is 0 Å². The topological polar surface area (TPSA) is 57.7 Å². The molecular weight excluding hydrogens is 268 g/mol. The van der Waals surface area contributed by atoms with E-state index in [1.54, 1.807) is 24.3 Å². The highest BCUT2D eigenvalue weighted by molar-refractivity contribution is 6.22. The van der Waals surface area contributed by atoms with Crippen LogP contribution in [0.1, 0.15) is 40.0 Å². The lowest BCUT2D eigenvalue weighted by molar-refractivity contribution is -0.136. The third-order valence-corrected chi connectivity index (χ3v) is 4.71. The molecule has 21 heavy (non-hydrogen) atoms. The van der Waals surface area contributed by atoms with Crippen LogP contribution in [0, 0.1) is 5.92 Å². The van der Waals surface area contributed by atoms with E-state index in [1.807, 2.05) is 0 Å². The van der Waals surface area contributed by atoms with Crippen LogP contribution < -0.4 is 0 Å². The summed E-state index contributed by atoms with van der Waals surface area (Å²) < 4.78 is 0. The van der Waals surface area contributed by atoms with Crippen LogP contribution in [-0.4, -0.2) is 33.8 Å². The van der Waals surface area contributed by atoms with E-state index in [0.717, 1.165) is 24.3 Å². The van der Waals surface area contributed by atoms with Crippen molar-refractivity contribution in [3.63, 3.8) is 0 Å². The summed E-state index contributed by atoms with van der Waals surface area (Å²) in [6.07, 6.45) is 2.69. The molecule has 0 spiro atoms. The maximum Gasteiger partial charge on any atom is 0.280 e. The molecule has 3 aliphatic rings. The molecule has 2 atom stereocenters. The number of hydrogen-bond acceptors (Lipinski definition) is 3. The van der Waals surface area contributed by atoms with Crippen LogP contribution >= 0.6 is 0 Å². The maximum atomic E-state index is 12.5. The predicted molar refractivity (Wildman–Crippen MR) is 74.1 cm³/mol. The Labute approximate surface area is 121 Å². The van der Waals surface area contributed by atoms with E-state index in [2.05, 4.69) is 6.58 Å². The van der Waals surface area contributed by atoms with Crippen LogP contribution in [0.2, 0.25) is 0 Å². The molecular formula is C16H14N2O3. The normalized spacial score (nSPS) is 27.6. The lowest BCUT2D eigenvalue weighted by atomic mass is 10.0. The quantitative estimate of drug-likeness (QED) is 0.582. The number of hydrogen-bond donors (Lipinski definition) is 0. The van der Waals surface area contributed by atoms with E-state index in [1.165, 1.54) is 5.01 Å². The van der Waals surface area contributed by atoms with Gasteiger partial charge in [0, 0.05) is 11.5 Å². The van der Waals surface area contributed by atoms with Crippen molar-refractivity contribution in [1.82, 2.24) is 10.0 Å². The third-order valence-electron chi connectivity index (χ3n) is 4.71. The Kier molecular flexibility index (Phi) is 2.37. The monoisotopic (exact) mass is 282 g/mol. The fourth-order valence-electron chi connectivity index (χ4n) is 3.71. The van der Waals surface area contributed by atoms with Gasteiger partial charge in [0.1, 0.15) is 0 Å². The van der Waals surface area contributed by atoms with E-state index >= 15 is 0 Å². The van der Waals surface area contributed by atoms with Gasteiger partial charge in [0.05, 0.1) is 17.2 Å². The summed E-state index contributed by atoms with van der Waals surface area (Å²) in [7, 11) is 0. The van der Waals surface area contributed by atoms with Gasteiger partial charge in [-0.1, -0.05) is 25.1 Å². The van der Waals surface area contributed by atoms with Crippen molar-refractivity contribution in [3.8, 4) is 0 Å². The Morgan fingerprint density at radius 3 is 2.19 bits per heavy atom. The number of amides is 3. The summed E-state index contributed by atoms with van der Waals surface area (Å²) in [5.74, 6) is -1.05. The molecule has 1 saturated heterocycles.